The fraction of sp³-hybridized carbons (Fsp3) is 0.348. The van der Waals surface area contributed by atoms with E-state index in [9.17, 15) is 4.79 Å². The minimum atomic E-state index is -0.0921. The van der Waals surface area contributed by atoms with Gasteiger partial charge in [-0.2, -0.15) is 0 Å². The highest BCUT2D eigenvalue weighted by atomic mass is 16.2. The topological polar surface area (TPSA) is 44.9 Å². The van der Waals surface area contributed by atoms with Gasteiger partial charge in [-0.3, -0.25) is 4.79 Å². The van der Waals surface area contributed by atoms with Gasteiger partial charge in [0.1, 0.15) is 0 Å². The first-order chi connectivity index (χ1) is 12.6. The van der Waals surface area contributed by atoms with Gasteiger partial charge >= 0.3 is 0 Å². The zero-order valence-electron chi connectivity index (χ0n) is 15.3. The molecule has 134 valence electrons. The van der Waals surface area contributed by atoms with Crippen molar-refractivity contribution in [3.05, 3.63) is 71.9 Å². The third-order valence-corrected chi connectivity index (χ3v) is 5.41. The average molecular weight is 346 g/mol. The van der Waals surface area contributed by atoms with Crippen LogP contribution in [0.5, 0.6) is 0 Å². The second kappa shape index (κ2) is 6.99. The number of benzene rings is 2. The summed E-state index contributed by atoms with van der Waals surface area (Å²) >= 11 is 0. The molecule has 0 spiro atoms. The third kappa shape index (κ3) is 3.98. The first-order valence-corrected chi connectivity index (χ1v) is 9.54. The lowest BCUT2D eigenvalue weighted by atomic mass is 10.1. The fourth-order valence-corrected chi connectivity index (χ4v) is 3.16. The van der Waals surface area contributed by atoms with E-state index in [2.05, 4.69) is 34.6 Å². The van der Waals surface area contributed by atoms with E-state index in [0.29, 0.717) is 6.54 Å². The molecule has 1 heterocycles. The van der Waals surface area contributed by atoms with Gasteiger partial charge in [0, 0.05) is 16.6 Å². The molecule has 5 rings (SSSR count). The van der Waals surface area contributed by atoms with E-state index in [1.165, 1.54) is 29.3 Å². The molecular weight excluding hydrogens is 320 g/mol. The van der Waals surface area contributed by atoms with Crippen LogP contribution >= 0.6 is 0 Å². The molecule has 1 amide bonds. The van der Waals surface area contributed by atoms with Gasteiger partial charge in [0.15, 0.2) is 0 Å². The summed E-state index contributed by atoms with van der Waals surface area (Å²) < 4.78 is 0. The van der Waals surface area contributed by atoms with Crippen LogP contribution < -0.4 is 5.32 Å². The van der Waals surface area contributed by atoms with Crippen LogP contribution in [-0.2, 0) is 11.3 Å². The Balaban J connectivity index is 0.000000240. The van der Waals surface area contributed by atoms with Crippen LogP contribution in [0.4, 0.5) is 0 Å². The molecule has 2 aliphatic rings. The molecule has 2 saturated carbocycles. The van der Waals surface area contributed by atoms with Crippen molar-refractivity contribution < 1.29 is 4.79 Å². The number of aromatic nitrogens is 1. The van der Waals surface area contributed by atoms with Gasteiger partial charge in [0.25, 0.3) is 0 Å². The Morgan fingerprint density at radius 3 is 2.31 bits per heavy atom. The zero-order valence-corrected chi connectivity index (χ0v) is 15.3. The minimum Gasteiger partial charge on any atom is -0.357 e. The zero-order chi connectivity index (χ0) is 18.0. The third-order valence-electron chi connectivity index (χ3n) is 5.41. The van der Waals surface area contributed by atoms with Gasteiger partial charge in [-0.05, 0) is 54.7 Å². The van der Waals surface area contributed by atoms with E-state index in [4.69, 9.17) is 0 Å². The number of amides is 1. The maximum absolute atomic E-state index is 11.9. The van der Waals surface area contributed by atoms with Crippen molar-refractivity contribution in [2.24, 2.45) is 5.41 Å². The number of fused-ring (bicyclic) bond motifs is 1. The predicted molar refractivity (Wildman–Crippen MR) is 106 cm³/mol. The average Bonchev–Trinajstić information content (AvgIpc) is 3.60. The Labute approximate surface area is 154 Å². The maximum atomic E-state index is 11.9. The van der Waals surface area contributed by atoms with Gasteiger partial charge in [-0.25, -0.2) is 0 Å². The summed E-state index contributed by atoms with van der Waals surface area (Å²) in [4.78, 5) is 15.4. The van der Waals surface area contributed by atoms with E-state index >= 15 is 0 Å². The SMILES string of the molecule is CC1(C(=O)NCc2cc3ccc(C4CC4)cc3[nH]2)CC1.c1ccccc1. The van der Waals surface area contributed by atoms with E-state index < -0.39 is 0 Å². The molecule has 2 aliphatic carbocycles. The molecule has 3 aromatic rings. The second-order valence-corrected chi connectivity index (χ2v) is 7.81. The highest BCUT2D eigenvalue weighted by Crippen LogP contribution is 2.45. The summed E-state index contributed by atoms with van der Waals surface area (Å²) in [7, 11) is 0. The molecule has 2 N–H and O–H groups in total. The summed E-state index contributed by atoms with van der Waals surface area (Å²) in [5.41, 5.74) is 3.63. The van der Waals surface area contributed by atoms with Gasteiger partial charge < -0.3 is 10.3 Å². The molecule has 0 atom stereocenters. The molecule has 0 bridgehead atoms. The Kier molecular flexibility index (Phi) is 4.54. The number of hydrogen-bond acceptors (Lipinski definition) is 1. The number of aromatic amines is 1. The smallest absolute Gasteiger partial charge is 0.226 e. The molecule has 3 heteroatoms. The van der Waals surface area contributed by atoms with Crippen molar-refractivity contribution in [1.82, 2.24) is 10.3 Å². The molecule has 0 radical (unpaired) electrons. The molecule has 2 fully saturated rings. The predicted octanol–water partition coefficient (Wildman–Crippen LogP) is 5.15. The largest absolute Gasteiger partial charge is 0.357 e. The van der Waals surface area contributed by atoms with Crippen molar-refractivity contribution in [3.8, 4) is 0 Å². The first-order valence-electron chi connectivity index (χ1n) is 9.54. The lowest BCUT2D eigenvalue weighted by Gasteiger charge is -2.08. The van der Waals surface area contributed by atoms with E-state index in [0.717, 1.165) is 24.5 Å². The van der Waals surface area contributed by atoms with Crippen LogP contribution in [0.1, 0.15) is 49.8 Å². The maximum Gasteiger partial charge on any atom is 0.226 e. The molecule has 1 aromatic heterocycles. The fourth-order valence-electron chi connectivity index (χ4n) is 3.16. The van der Waals surface area contributed by atoms with Crippen LogP contribution in [0.25, 0.3) is 10.9 Å². The monoisotopic (exact) mass is 346 g/mol. The van der Waals surface area contributed by atoms with Gasteiger partial charge in [-0.1, -0.05) is 55.5 Å². The van der Waals surface area contributed by atoms with Crippen molar-refractivity contribution >= 4 is 16.8 Å². The lowest BCUT2D eigenvalue weighted by molar-refractivity contribution is -0.125. The highest BCUT2D eigenvalue weighted by molar-refractivity contribution is 5.85. The quantitative estimate of drug-likeness (QED) is 0.674. The van der Waals surface area contributed by atoms with Crippen LogP contribution in [0.15, 0.2) is 60.7 Å². The van der Waals surface area contributed by atoms with E-state index in [-0.39, 0.29) is 11.3 Å². The Morgan fingerprint density at radius 1 is 1.08 bits per heavy atom. The second-order valence-electron chi connectivity index (χ2n) is 7.81. The Hall–Kier alpha value is -2.55. The standard InChI is InChI=1S/C17H20N2O.C6H6/c1-17(6-7-17)16(20)18-10-14-8-13-5-4-12(11-2-3-11)9-15(13)19-14;1-2-4-6-5-3-1/h4-5,8-9,11,19H,2-3,6-7,10H2,1H3,(H,18,20);1-6H. The van der Waals surface area contributed by atoms with Crippen molar-refractivity contribution in [3.63, 3.8) is 0 Å². The number of nitrogens with one attached hydrogen (secondary N) is 2. The van der Waals surface area contributed by atoms with Crippen LogP contribution in [0, 0.1) is 5.41 Å². The first kappa shape index (κ1) is 16.9. The summed E-state index contributed by atoms with van der Waals surface area (Å²) in [5.74, 6) is 0.968. The van der Waals surface area contributed by atoms with Gasteiger partial charge in [-0.15, -0.1) is 0 Å². The number of hydrogen-bond donors (Lipinski definition) is 2. The van der Waals surface area contributed by atoms with Gasteiger partial charge in [0.05, 0.1) is 6.54 Å². The molecule has 2 aromatic carbocycles. The molecule has 0 aliphatic heterocycles. The molecule has 0 saturated heterocycles. The number of carbonyl (C=O) groups excluding carboxylic acids is 1. The molecule has 3 nitrogen and oxygen atoms in total. The van der Waals surface area contributed by atoms with Crippen molar-refractivity contribution in [1.29, 1.82) is 0 Å². The van der Waals surface area contributed by atoms with E-state index in [1.807, 2.05) is 43.3 Å². The lowest BCUT2D eigenvalue weighted by Crippen LogP contribution is -2.29. The summed E-state index contributed by atoms with van der Waals surface area (Å²) in [6, 6.07) is 20.8. The molecular formula is C23H26N2O. The van der Waals surface area contributed by atoms with Crippen molar-refractivity contribution in [2.45, 2.75) is 45.1 Å². The highest BCUT2D eigenvalue weighted by Gasteiger charge is 2.44. The summed E-state index contributed by atoms with van der Waals surface area (Å²) in [5, 5.41) is 4.27. The number of rotatable bonds is 4. The summed E-state index contributed by atoms with van der Waals surface area (Å²) in [6.45, 7) is 2.64. The van der Waals surface area contributed by atoms with Crippen molar-refractivity contribution in [2.75, 3.05) is 0 Å². The van der Waals surface area contributed by atoms with Crippen LogP contribution in [0.2, 0.25) is 0 Å². The van der Waals surface area contributed by atoms with Crippen LogP contribution in [0.3, 0.4) is 0 Å². The van der Waals surface area contributed by atoms with E-state index in [1.54, 1.807) is 0 Å². The summed E-state index contributed by atoms with van der Waals surface area (Å²) in [6.07, 6.45) is 4.70. The van der Waals surface area contributed by atoms with Gasteiger partial charge in [0.2, 0.25) is 5.91 Å². The molecule has 26 heavy (non-hydrogen) atoms. The number of carbonyl (C=O) groups is 1. The molecule has 0 unspecified atom stereocenters. The Morgan fingerprint density at radius 2 is 1.73 bits per heavy atom. The number of H-pyrrole nitrogens is 1. The normalized spacial score (nSPS) is 17.3. The Bertz CT molecular complexity index is 862. The van der Waals surface area contributed by atoms with Crippen LogP contribution in [-0.4, -0.2) is 10.9 Å². The minimum absolute atomic E-state index is 0.0921.